The van der Waals surface area contributed by atoms with Crippen LogP contribution in [0.5, 0.6) is 0 Å². The summed E-state index contributed by atoms with van der Waals surface area (Å²) in [5.74, 6) is -0.657. The maximum Gasteiger partial charge on any atom is 0.168 e. The molecule has 0 saturated carbocycles. The van der Waals surface area contributed by atoms with Crippen molar-refractivity contribution >= 4 is 5.82 Å². The van der Waals surface area contributed by atoms with Gasteiger partial charge >= 0.3 is 0 Å². The van der Waals surface area contributed by atoms with Gasteiger partial charge in [0.15, 0.2) is 11.6 Å². The zero-order valence-corrected chi connectivity index (χ0v) is 7.56. The van der Waals surface area contributed by atoms with Crippen LogP contribution in [0.3, 0.4) is 0 Å². The topological polar surface area (TPSA) is 37.0 Å². The van der Waals surface area contributed by atoms with Crippen LogP contribution >= 0.6 is 0 Å². The Bertz CT molecular complexity index is 326. The predicted octanol–water partition coefficient (Wildman–Crippen LogP) is 0.991. The first-order valence-corrected chi connectivity index (χ1v) is 4.51. The lowest BCUT2D eigenvalue weighted by Gasteiger charge is -2.27. The first-order chi connectivity index (χ1) is 6.75. The normalized spacial score (nSPS) is 16.4. The molecule has 2 heterocycles. The zero-order chi connectivity index (χ0) is 9.97. The smallest absolute Gasteiger partial charge is 0.168 e. The summed E-state index contributed by atoms with van der Waals surface area (Å²) in [5.41, 5.74) is 0. The zero-order valence-electron chi connectivity index (χ0n) is 7.56. The second kappa shape index (κ2) is 3.88. The van der Waals surface area contributed by atoms with Gasteiger partial charge in [-0.3, -0.25) is 0 Å². The molecule has 1 aromatic rings. The number of hydrogen-bond acceptors (Lipinski definition) is 3. The van der Waals surface area contributed by atoms with Crippen LogP contribution in [0.25, 0.3) is 0 Å². The predicted molar refractivity (Wildman–Crippen MR) is 49.0 cm³/mol. The van der Waals surface area contributed by atoms with Crippen LogP contribution in [0.15, 0.2) is 12.3 Å². The van der Waals surface area contributed by atoms with E-state index < -0.39 is 11.6 Å². The first kappa shape index (κ1) is 9.33. The van der Waals surface area contributed by atoms with Gasteiger partial charge in [0.2, 0.25) is 0 Å². The summed E-state index contributed by atoms with van der Waals surface area (Å²) in [7, 11) is 0. The van der Waals surface area contributed by atoms with Gasteiger partial charge < -0.3 is 10.6 Å². The van der Waals surface area contributed by atoms with Crippen molar-refractivity contribution < 1.29 is 8.78 Å². The third-order valence-electron chi connectivity index (χ3n) is 2.23. The highest BCUT2D eigenvalue weighted by Crippen LogP contribution is 2.12. The number of pyridine rings is 1. The minimum Gasteiger partial charge on any atom is -0.367 e. The molecule has 0 aliphatic carbocycles. The van der Waals surface area contributed by atoms with Gasteiger partial charge in [0.1, 0.15) is 5.82 Å². The molecule has 76 valence electrons. The maximum atomic E-state index is 13.0. The SMILES string of the molecule is Fc1cnc(NCC2CNC2)c(F)c1. The van der Waals surface area contributed by atoms with Crippen molar-refractivity contribution in [2.45, 2.75) is 0 Å². The molecule has 1 aromatic heterocycles. The molecule has 2 N–H and O–H groups in total. The van der Waals surface area contributed by atoms with E-state index in [4.69, 9.17) is 0 Å². The molecule has 0 spiro atoms. The fraction of sp³-hybridized carbons (Fsp3) is 0.444. The van der Waals surface area contributed by atoms with E-state index >= 15 is 0 Å². The van der Waals surface area contributed by atoms with Crippen LogP contribution in [0, 0.1) is 17.6 Å². The Balaban J connectivity index is 1.94. The van der Waals surface area contributed by atoms with Crippen LogP contribution in [-0.4, -0.2) is 24.6 Å². The van der Waals surface area contributed by atoms with Crippen LogP contribution in [0.1, 0.15) is 0 Å². The van der Waals surface area contributed by atoms with Gasteiger partial charge in [0.25, 0.3) is 0 Å². The van der Waals surface area contributed by atoms with Gasteiger partial charge in [-0.25, -0.2) is 13.8 Å². The molecule has 1 saturated heterocycles. The van der Waals surface area contributed by atoms with Crippen molar-refractivity contribution in [2.75, 3.05) is 25.0 Å². The summed E-state index contributed by atoms with van der Waals surface area (Å²) in [6.07, 6.45) is 1.00. The molecule has 2 rings (SSSR count). The molecule has 1 aliphatic heterocycles. The van der Waals surface area contributed by atoms with E-state index in [0.717, 1.165) is 25.4 Å². The first-order valence-electron chi connectivity index (χ1n) is 4.51. The molecule has 0 unspecified atom stereocenters. The van der Waals surface area contributed by atoms with Gasteiger partial charge in [0.05, 0.1) is 6.20 Å². The van der Waals surface area contributed by atoms with Crippen LogP contribution in [0.4, 0.5) is 14.6 Å². The van der Waals surface area contributed by atoms with Gasteiger partial charge in [0, 0.05) is 31.6 Å². The number of rotatable bonds is 3. The average Bonchev–Trinajstić information content (AvgIpc) is 2.05. The van der Waals surface area contributed by atoms with E-state index in [0.29, 0.717) is 12.5 Å². The summed E-state index contributed by atoms with van der Waals surface area (Å²) in [5, 5.41) is 5.96. The highest BCUT2D eigenvalue weighted by molar-refractivity contribution is 5.35. The fourth-order valence-corrected chi connectivity index (χ4v) is 1.28. The Morgan fingerprint density at radius 1 is 1.50 bits per heavy atom. The summed E-state index contributed by atoms with van der Waals surface area (Å²) in [6.45, 7) is 2.55. The number of nitrogens with zero attached hydrogens (tertiary/aromatic N) is 1. The lowest BCUT2D eigenvalue weighted by Crippen LogP contribution is -2.45. The minimum absolute atomic E-state index is 0.123. The second-order valence-electron chi connectivity index (χ2n) is 3.39. The van der Waals surface area contributed by atoms with Gasteiger partial charge in [-0.15, -0.1) is 0 Å². The Hall–Kier alpha value is -1.23. The number of halogens is 2. The standard InChI is InChI=1S/C9H11F2N3/c10-7-1-8(11)9(14-5-7)13-4-6-2-12-3-6/h1,5-6,12H,2-4H2,(H,13,14). The molecule has 1 aliphatic rings. The highest BCUT2D eigenvalue weighted by atomic mass is 19.1. The molecule has 0 atom stereocenters. The fourth-order valence-electron chi connectivity index (χ4n) is 1.28. The van der Waals surface area contributed by atoms with E-state index in [9.17, 15) is 8.78 Å². The van der Waals surface area contributed by atoms with E-state index in [1.807, 2.05) is 0 Å². The van der Waals surface area contributed by atoms with E-state index in [-0.39, 0.29) is 5.82 Å². The molecular weight excluding hydrogens is 188 g/mol. The third kappa shape index (κ3) is 1.98. The van der Waals surface area contributed by atoms with Crippen LogP contribution in [0.2, 0.25) is 0 Å². The Morgan fingerprint density at radius 3 is 2.86 bits per heavy atom. The molecule has 0 radical (unpaired) electrons. The number of anilines is 1. The van der Waals surface area contributed by atoms with Gasteiger partial charge in [-0.1, -0.05) is 0 Å². The van der Waals surface area contributed by atoms with Crippen LogP contribution in [-0.2, 0) is 0 Å². The summed E-state index contributed by atoms with van der Waals surface area (Å²) >= 11 is 0. The minimum atomic E-state index is -0.654. The Labute approximate surface area is 80.5 Å². The molecule has 5 heteroatoms. The van der Waals surface area contributed by atoms with Crippen molar-refractivity contribution in [1.82, 2.24) is 10.3 Å². The highest BCUT2D eigenvalue weighted by Gasteiger charge is 2.16. The van der Waals surface area contributed by atoms with Crippen molar-refractivity contribution in [1.29, 1.82) is 0 Å². The molecule has 14 heavy (non-hydrogen) atoms. The van der Waals surface area contributed by atoms with Crippen LogP contribution < -0.4 is 10.6 Å². The number of hydrogen-bond donors (Lipinski definition) is 2. The summed E-state index contributed by atoms with van der Waals surface area (Å²) in [4.78, 5) is 3.63. The molecule has 0 bridgehead atoms. The molecule has 0 aromatic carbocycles. The molecular formula is C9H11F2N3. The van der Waals surface area contributed by atoms with Crippen molar-refractivity contribution in [2.24, 2.45) is 5.92 Å². The van der Waals surface area contributed by atoms with Gasteiger partial charge in [-0.05, 0) is 0 Å². The maximum absolute atomic E-state index is 13.0. The lowest BCUT2D eigenvalue weighted by atomic mass is 10.0. The second-order valence-corrected chi connectivity index (χ2v) is 3.39. The van der Waals surface area contributed by atoms with E-state index in [1.165, 1.54) is 0 Å². The quantitative estimate of drug-likeness (QED) is 0.762. The monoisotopic (exact) mass is 199 g/mol. The molecule has 1 fully saturated rings. The summed E-state index contributed by atoms with van der Waals surface area (Å²) in [6, 6.07) is 0.828. The summed E-state index contributed by atoms with van der Waals surface area (Å²) < 4.78 is 25.5. The Morgan fingerprint density at radius 2 is 2.29 bits per heavy atom. The third-order valence-corrected chi connectivity index (χ3v) is 2.23. The van der Waals surface area contributed by atoms with Gasteiger partial charge in [-0.2, -0.15) is 0 Å². The molecule has 0 amide bonds. The van der Waals surface area contributed by atoms with Crippen molar-refractivity contribution in [3.8, 4) is 0 Å². The lowest BCUT2D eigenvalue weighted by molar-refractivity contribution is 0.364. The number of nitrogens with one attached hydrogen (secondary N) is 2. The average molecular weight is 199 g/mol. The van der Waals surface area contributed by atoms with Crippen molar-refractivity contribution in [3.63, 3.8) is 0 Å². The van der Waals surface area contributed by atoms with E-state index in [2.05, 4.69) is 15.6 Å². The van der Waals surface area contributed by atoms with E-state index in [1.54, 1.807) is 0 Å². The van der Waals surface area contributed by atoms with Crippen molar-refractivity contribution in [3.05, 3.63) is 23.9 Å². The Kier molecular flexibility index (Phi) is 2.58. The largest absolute Gasteiger partial charge is 0.367 e. The number of aromatic nitrogens is 1. The molecule has 3 nitrogen and oxygen atoms in total.